The standard InChI is InChI=1S/C10H14NO2S/c1-11(2)14(12,13)9-8-10-6-4-3-5-7-10/h4-7H,8-9H2,1-2H3. The van der Waals surface area contributed by atoms with Gasteiger partial charge in [-0.2, -0.15) is 0 Å². The summed E-state index contributed by atoms with van der Waals surface area (Å²) in [5.41, 5.74) is 1.02. The number of hydrogen-bond donors (Lipinski definition) is 0. The Morgan fingerprint density at radius 3 is 2.36 bits per heavy atom. The predicted octanol–water partition coefficient (Wildman–Crippen LogP) is 0.921. The first-order chi connectivity index (χ1) is 6.52. The van der Waals surface area contributed by atoms with Crippen LogP contribution in [0.2, 0.25) is 0 Å². The van der Waals surface area contributed by atoms with Gasteiger partial charge in [0.2, 0.25) is 10.0 Å². The Morgan fingerprint density at radius 1 is 1.29 bits per heavy atom. The van der Waals surface area contributed by atoms with Crippen molar-refractivity contribution in [1.82, 2.24) is 4.31 Å². The highest BCUT2D eigenvalue weighted by Gasteiger charge is 2.12. The summed E-state index contributed by atoms with van der Waals surface area (Å²) in [4.78, 5) is 0. The van der Waals surface area contributed by atoms with Crippen molar-refractivity contribution in [3.8, 4) is 0 Å². The molecule has 0 aromatic heterocycles. The molecule has 0 saturated carbocycles. The van der Waals surface area contributed by atoms with Gasteiger partial charge in [-0.15, -0.1) is 0 Å². The van der Waals surface area contributed by atoms with E-state index in [1.807, 2.05) is 12.1 Å². The van der Waals surface area contributed by atoms with E-state index >= 15 is 0 Å². The maximum atomic E-state index is 11.4. The molecule has 0 atom stereocenters. The minimum Gasteiger partial charge on any atom is -0.212 e. The molecule has 1 aromatic carbocycles. The fourth-order valence-corrected chi connectivity index (χ4v) is 1.88. The molecule has 0 aliphatic rings. The van der Waals surface area contributed by atoms with E-state index in [0.29, 0.717) is 6.42 Å². The minimum atomic E-state index is -3.07. The second-order valence-corrected chi connectivity index (χ2v) is 5.56. The number of rotatable bonds is 4. The van der Waals surface area contributed by atoms with E-state index in [4.69, 9.17) is 0 Å². The van der Waals surface area contributed by atoms with Crippen molar-refractivity contribution in [2.24, 2.45) is 0 Å². The van der Waals surface area contributed by atoms with Gasteiger partial charge in [0.15, 0.2) is 0 Å². The van der Waals surface area contributed by atoms with E-state index in [0.717, 1.165) is 5.56 Å². The molecule has 0 N–H and O–H groups in total. The summed E-state index contributed by atoms with van der Waals surface area (Å²) in [6.07, 6.45) is 0.551. The number of nitrogens with zero attached hydrogens (tertiary/aromatic N) is 1. The lowest BCUT2D eigenvalue weighted by atomic mass is 10.2. The number of hydrogen-bond acceptors (Lipinski definition) is 2. The third kappa shape index (κ3) is 3.12. The van der Waals surface area contributed by atoms with Crippen LogP contribution in [0.5, 0.6) is 0 Å². The number of aryl methyl sites for hydroxylation is 1. The van der Waals surface area contributed by atoms with Gasteiger partial charge in [-0.05, 0) is 18.1 Å². The molecule has 1 rings (SSSR count). The summed E-state index contributed by atoms with van der Waals surface area (Å²) in [5.74, 6) is 0.157. The highest BCUT2D eigenvalue weighted by atomic mass is 32.2. The fraction of sp³-hybridized carbons (Fsp3) is 0.400. The monoisotopic (exact) mass is 212 g/mol. The molecule has 0 amide bonds. The van der Waals surface area contributed by atoms with E-state index in [9.17, 15) is 8.42 Å². The Kier molecular flexibility index (Phi) is 3.66. The normalized spacial score (nSPS) is 11.9. The van der Waals surface area contributed by atoms with Gasteiger partial charge in [0, 0.05) is 14.1 Å². The first kappa shape index (κ1) is 11.2. The van der Waals surface area contributed by atoms with E-state index in [1.54, 1.807) is 26.2 Å². The maximum absolute atomic E-state index is 11.4. The van der Waals surface area contributed by atoms with Crippen LogP contribution >= 0.6 is 0 Å². The van der Waals surface area contributed by atoms with Gasteiger partial charge < -0.3 is 0 Å². The first-order valence-electron chi connectivity index (χ1n) is 4.37. The van der Waals surface area contributed by atoms with Crippen LogP contribution in [0.4, 0.5) is 0 Å². The topological polar surface area (TPSA) is 37.4 Å². The van der Waals surface area contributed by atoms with E-state index in [1.165, 1.54) is 4.31 Å². The van der Waals surface area contributed by atoms with E-state index in [-0.39, 0.29) is 5.75 Å². The van der Waals surface area contributed by atoms with Gasteiger partial charge >= 0.3 is 0 Å². The summed E-state index contributed by atoms with van der Waals surface area (Å²) >= 11 is 0. The second-order valence-electron chi connectivity index (χ2n) is 3.26. The van der Waals surface area contributed by atoms with Crippen molar-refractivity contribution in [3.05, 3.63) is 35.9 Å². The molecule has 4 heteroatoms. The highest BCUT2D eigenvalue weighted by Crippen LogP contribution is 2.03. The zero-order valence-corrected chi connectivity index (χ0v) is 9.21. The zero-order chi connectivity index (χ0) is 10.6. The molecule has 0 heterocycles. The van der Waals surface area contributed by atoms with Crippen molar-refractivity contribution in [1.29, 1.82) is 0 Å². The maximum Gasteiger partial charge on any atom is 0.213 e. The van der Waals surface area contributed by atoms with E-state index < -0.39 is 10.0 Å². The summed E-state index contributed by atoms with van der Waals surface area (Å²) in [6.45, 7) is 0. The lowest BCUT2D eigenvalue weighted by Gasteiger charge is -2.10. The van der Waals surface area contributed by atoms with Crippen molar-refractivity contribution in [3.63, 3.8) is 0 Å². The van der Waals surface area contributed by atoms with Gasteiger partial charge in [0.25, 0.3) is 0 Å². The Bertz CT molecular complexity index is 370. The van der Waals surface area contributed by atoms with Crippen LogP contribution in [0, 0.1) is 6.07 Å². The van der Waals surface area contributed by atoms with Gasteiger partial charge in [-0.1, -0.05) is 24.3 Å². The van der Waals surface area contributed by atoms with Crippen LogP contribution in [0.25, 0.3) is 0 Å². The number of sulfonamides is 1. The van der Waals surface area contributed by atoms with E-state index in [2.05, 4.69) is 6.07 Å². The smallest absolute Gasteiger partial charge is 0.212 e. The lowest BCUT2D eigenvalue weighted by Crippen LogP contribution is -2.25. The van der Waals surface area contributed by atoms with Crippen molar-refractivity contribution in [2.75, 3.05) is 19.8 Å². The Balaban J connectivity index is 2.58. The average molecular weight is 212 g/mol. The molecule has 14 heavy (non-hydrogen) atoms. The van der Waals surface area contributed by atoms with Crippen molar-refractivity contribution in [2.45, 2.75) is 6.42 Å². The Hall–Kier alpha value is -0.870. The molecule has 0 aliphatic carbocycles. The van der Waals surface area contributed by atoms with Crippen LogP contribution in [-0.2, 0) is 16.4 Å². The summed E-state index contributed by atoms with van der Waals surface area (Å²) in [6, 6.07) is 10.2. The third-order valence-corrected chi connectivity index (χ3v) is 3.83. The first-order valence-corrected chi connectivity index (χ1v) is 5.98. The molecule has 0 unspecified atom stereocenters. The molecule has 3 nitrogen and oxygen atoms in total. The molecular weight excluding hydrogens is 198 g/mol. The van der Waals surface area contributed by atoms with Crippen LogP contribution < -0.4 is 0 Å². The van der Waals surface area contributed by atoms with Crippen LogP contribution in [-0.4, -0.2) is 32.6 Å². The molecule has 77 valence electrons. The predicted molar refractivity (Wildman–Crippen MR) is 56.5 cm³/mol. The Labute approximate surface area is 85.4 Å². The molecular formula is C10H14NO2S. The van der Waals surface area contributed by atoms with Crippen LogP contribution in [0.15, 0.2) is 24.3 Å². The molecule has 0 aliphatic heterocycles. The third-order valence-electron chi connectivity index (χ3n) is 1.99. The number of benzene rings is 1. The summed E-state index contributed by atoms with van der Waals surface area (Å²) in [5, 5.41) is 0. The molecule has 0 fully saturated rings. The quantitative estimate of drug-likeness (QED) is 0.744. The Morgan fingerprint density at radius 2 is 1.86 bits per heavy atom. The minimum absolute atomic E-state index is 0.157. The molecule has 0 saturated heterocycles. The van der Waals surface area contributed by atoms with Crippen LogP contribution in [0.3, 0.4) is 0 Å². The summed E-state index contributed by atoms with van der Waals surface area (Å²) in [7, 11) is 0.0262. The fourth-order valence-electron chi connectivity index (χ4n) is 1.02. The van der Waals surface area contributed by atoms with Crippen molar-refractivity contribution < 1.29 is 8.42 Å². The van der Waals surface area contributed by atoms with Crippen molar-refractivity contribution >= 4 is 10.0 Å². The van der Waals surface area contributed by atoms with Gasteiger partial charge in [0.05, 0.1) is 5.75 Å². The van der Waals surface area contributed by atoms with Gasteiger partial charge in [-0.25, -0.2) is 12.7 Å². The second kappa shape index (κ2) is 4.57. The van der Waals surface area contributed by atoms with Gasteiger partial charge in [0.1, 0.15) is 0 Å². The average Bonchev–Trinajstić information content (AvgIpc) is 2.16. The molecule has 0 bridgehead atoms. The largest absolute Gasteiger partial charge is 0.213 e. The molecule has 1 radical (unpaired) electrons. The van der Waals surface area contributed by atoms with Gasteiger partial charge in [-0.3, -0.25) is 0 Å². The lowest BCUT2D eigenvalue weighted by molar-refractivity contribution is 0.520. The summed E-state index contributed by atoms with van der Waals surface area (Å²) < 4.78 is 24.1. The SMILES string of the molecule is CN(C)S(=O)(=O)CCc1cc[c]cc1. The molecule has 1 aromatic rings. The van der Waals surface area contributed by atoms with Crippen LogP contribution in [0.1, 0.15) is 5.56 Å². The molecule has 0 spiro atoms. The zero-order valence-electron chi connectivity index (χ0n) is 8.40. The highest BCUT2D eigenvalue weighted by molar-refractivity contribution is 7.89.